The van der Waals surface area contributed by atoms with Gasteiger partial charge in [0, 0.05) is 5.69 Å². The fourth-order valence-corrected chi connectivity index (χ4v) is 5.04. The van der Waals surface area contributed by atoms with E-state index in [-0.39, 0.29) is 41.0 Å². The van der Waals surface area contributed by atoms with Crippen LogP contribution in [0.4, 0.5) is 11.4 Å². The lowest BCUT2D eigenvalue weighted by atomic mass is 9.85. The van der Waals surface area contributed by atoms with Crippen molar-refractivity contribution in [2.75, 3.05) is 16.8 Å². The van der Waals surface area contributed by atoms with Crippen molar-refractivity contribution in [2.45, 2.75) is 13.3 Å². The highest BCUT2D eigenvalue weighted by Crippen LogP contribution is 2.53. The third-order valence-corrected chi connectivity index (χ3v) is 6.47. The second-order valence-corrected chi connectivity index (χ2v) is 8.55. The average Bonchev–Trinajstić information content (AvgIpc) is 3.46. The van der Waals surface area contributed by atoms with Crippen LogP contribution < -0.4 is 10.2 Å². The zero-order chi connectivity index (χ0) is 22.4. The molecule has 7 heteroatoms. The molecule has 4 atom stereocenters. The predicted octanol–water partition coefficient (Wildman–Crippen LogP) is 3.10. The maximum atomic E-state index is 12.9. The Morgan fingerprint density at radius 3 is 2.28 bits per heavy atom. The summed E-state index contributed by atoms with van der Waals surface area (Å²) in [5.41, 5.74) is 2.31. The molecule has 1 saturated carbocycles. The van der Waals surface area contributed by atoms with E-state index >= 15 is 0 Å². The maximum Gasteiger partial charge on any atom is 0.338 e. The molecule has 3 amide bonds. The van der Waals surface area contributed by atoms with E-state index < -0.39 is 18.5 Å². The molecule has 2 aromatic rings. The lowest BCUT2D eigenvalue weighted by molar-refractivity contribution is -0.123. The molecule has 2 bridgehead atoms. The molecular weight excluding hydrogens is 408 g/mol. The molecule has 0 spiro atoms. The van der Waals surface area contributed by atoms with Gasteiger partial charge in [0.15, 0.2) is 6.61 Å². The number of amides is 3. The number of nitrogens with zero attached hydrogens (tertiary/aromatic N) is 1. The normalized spacial score (nSPS) is 25.2. The quantitative estimate of drug-likeness (QED) is 0.447. The summed E-state index contributed by atoms with van der Waals surface area (Å²) in [7, 11) is 0. The summed E-state index contributed by atoms with van der Waals surface area (Å²) in [5, 5.41) is 2.67. The molecule has 1 heterocycles. The number of rotatable bonds is 5. The van der Waals surface area contributed by atoms with Gasteiger partial charge in [-0.05, 0) is 67.1 Å². The molecule has 32 heavy (non-hydrogen) atoms. The fourth-order valence-electron chi connectivity index (χ4n) is 5.04. The van der Waals surface area contributed by atoms with E-state index in [1.807, 2.05) is 25.1 Å². The van der Waals surface area contributed by atoms with Crippen LogP contribution in [0.1, 0.15) is 22.3 Å². The Balaban J connectivity index is 1.20. The summed E-state index contributed by atoms with van der Waals surface area (Å²) in [4.78, 5) is 51.4. The number of aryl methyl sites for hydroxylation is 1. The van der Waals surface area contributed by atoms with Crippen LogP contribution in [-0.4, -0.2) is 30.3 Å². The predicted molar refractivity (Wildman–Crippen MR) is 117 cm³/mol. The van der Waals surface area contributed by atoms with Crippen molar-refractivity contribution in [2.24, 2.45) is 23.7 Å². The number of anilines is 2. The highest BCUT2D eigenvalue weighted by atomic mass is 16.5. The molecule has 2 aromatic carbocycles. The SMILES string of the molecule is Cc1cccc(NC(=O)COC(=O)c2ccc(N3C(=O)[C@@H]4[C@@H](C3=O)[C@H]3C=C[C@H]4C3)cc2)c1. The molecular formula is C25H22N2O5. The summed E-state index contributed by atoms with van der Waals surface area (Å²) in [6.45, 7) is 1.49. The molecule has 0 unspecified atom stereocenters. The molecule has 2 fully saturated rings. The van der Waals surface area contributed by atoms with Crippen molar-refractivity contribution in [1.29, 1.82) is 0 Å². The van der Waals surface area contributed by atoms with Crippen molar-refractivity contribution in [1.82, 2.24) is 0 Å². The van der Waals surface area contributed by atoms with E-state index in [4.69, 9.17) is 4.74 Å². The molecule has 5 rings (SSSR count). The lowest BCUT2D eigenvalue weighted by Crippen LogP contribution is -2.32. The number of benzene rings is 2. The van der Waals surface area contributed by atoms with Gasteiger partial charge < -0.3 is 10.1 Å². The van der Waals surface area contributed by atoms with Crippen LogP contribution in [0.25, 0.3) is 0 Å². The number of esters is 1. The fraction of sp³-hybridized carbons (Fsp3) is 0.280. The Labute approximate surface area is 185 Å². The van der Waals surface area contributed by atoms with Crippen molar-refractivity contribution < 1.29 is 23.9 Å². The van der Waals surface area contributed by atoms with Gasteiger partial charge in [0.1, 0.15) is 0 Å². The average molecular weight is 430 g/mol. The largest absolute Gasteiger partial charge is 0.452 e. The zero-order valence-electron chi connectivity index (χ0n) is 17.5. The van der Waals surface area contributed by atoms with Crippen LogP contribution >= 0.6 is 0 Å². The van der Waals surface area contributed by atoms with E-state index in [0.717, 1.165) is 12.0 Å². The van der Waals surface area contributed by atoms with Gasteiger partial charge in [-0.3, -0.25) is 19.3 Å². The van der Waals surface area contributed by atoms with Gasteiger partial charge in [0.2, 0.25) is 11.8 Å². The van der Waals surface area contributed by atoms with E-state index in [0.29, 0.717) is 11.4 Å². The number of allylic oxidation sites excluding steroid dienone is 2. The Morgan fingerprint density at radius 1 is 1.00 bits per heavy atom. The first-order valence-corrected chi connectivity index (χ1v) is 10.6. The highest BCUT2D eigenvalue weighted by Gasteiger charge is 2.59. The Morgan fingerprint density at radius 2 is 1.66 bits per heavy atom. The van der Waals surface area contributed by atoms with E-state index in [9.17, 15) is 19.2 Å². The molecule has 2 aliphatic carbocycles. The van der Waals surface area contributed by atoms with Crippen LogP contribution in [0.3, 0.4) is 0 Å². The minimum absolute atomic E-state index is 0.145. The minimum Gasteiger partial charge on any atom is -0.452 e. The topological polar surface area (TPSA) is 92.8 Å². The molecule has 1 saturated heterocycles. The zero-order valence-corrected chi connectivity index (χ0v) is 17.5. The number of imide groups is 1. The van der Waals surface area contributed by atoms with Crippen molar-refractivity contribution >= 4 is 35.1 Å². The van der Waals surface area contributed by atoms with Gasteiger partial charge in [-0.25, -0.2) is 4.79 Å². The third kappa shape index (κ3) is 3.39. The number of fused-ring (bicyclic) bond motifs is 5. The molecule has 0 aromatic heterocycles. The number of hydrogen-bond donors (Lipinski definition) is 1. The van der Waals surface area contributed by atoms with Crippen LogP contribution in [0.2, 0.25) is 0 Å². The van der Waals surface area contributed by atoms with Crippen molar-refractivity contribution in [3.63, 3.8) is 0 Å². The first-order chi connectivity index (χ1) is 15.4. The summed E-state index contributed by atoms with van der Waals surface area (Å²) >= 11 is 0. The number of ether oxygens (including phenoxy) is 1. The number of hydrogen-bond acceptors (Lipinski definition) is 5. The molecule has 7 nitrogen and oxygen atoms in total. The van der Waals surface area contributed by atoms with Gasteiger partial charge in [-0.1, -0.05) is 24.3 Å². The number of carbonyl (C=O) groups excluding carboxylic acids is 4. The van der Waals surface area contributed by atoms with Crippen LogP contribution in [-0.2, 0) is 19.1 Å². The first kappa shape index (κ1) is 20.2. The maximum absolute atomic E-state index is 12.9. The molecule has 1 N–H and O–H groups in total. The Hall–Kier alpha value is -3.74. The molecule has 0 radical (unpaired) electrons. The highest BCUT2D eigenvalue weighted by molar-refractivity contribution is 6.22. The van der Waals surface area contributed by atoms with Crippen molar-refractivity contribution in [3.05, 3.63) is 71.8 Å². The summed E-state index contributed by atoms with van der Waals surface area (Å²) in [6.07, 6.45) is 4.98. The van der Waals surface area contributed by atoms with Crippen molar-refractivity contribution in [3.8, 4) is 0 Å². The van der Waals surface area contributed by atoms with E-state index in [2.05, 4.69) is 17.5 Å². The van der Waals surface area contributed by atoms with E-state index in [1.165, 1.54) is 17.0 Å². The van der Waals surface area contributed by atoms with Gasteiger partial charge in [-0.2, -0.15) is 0 Å². The monoisotopic (exact) mass is 430 g/mol. The molecule has 1 aliphatic heterocycles. The second-order valence-electron chi connectivity index (χ2n) is 8.55. The van der Waals surface area contributed by atoms with Crippen LogP contribution in [0, 0.1) is 30.6 Å². The van der Waals surface area contributed by atoms with Gasteiger partial charge in [0.05, 0.1) is 23.1 Å². The standard InChI is InChI=1S/C25H22N2O5/c1-14-3-2-4-18(11-14)26-20(28)13-32-25(31)15-7-9-19(10-8-15)27-23(29)21-16-5-6-17(12-16)22(21)24(27)30/h2-11,16-17,21-22H,12-13H2,1H3,(H,26,28)/t16-,17-,21-,22-/m0/s1. The first-order valence-electron chi connectivity index (χ1n) is 10.6. The lowest BCUT2D eigenvalue weighted by Gasteiger charge is -2.17. The summed E-state index contributed by atoms with van der Waals surface area (Å²) in [5.74, 6) is -1.68. The summed E-state index contributed by atoms with van der Waals surface area (Å²) < 4.78 is 5.09. The van der Waals surface area contributed by atoms with Gasteiger partial charge in [-0.15, -0.1) is 0 Å². The molecule has 162 valence electrons. The Bertz CT molecular complexity index is 1120. The van der Waals surface area contributed by atoms with Crippen LogP contribution in [0.15, 0.2) is 60.7 Å². The van der Waals surface area contributed by atoms with Crippen LogP contribution in [0.5, 0.6) is 0 Å². The third-order valence-electron chi connectivity index (χ3n) is 6.47. The van der Waals surface area contributed by atoms with Gasteiger partial charge >= 0.3 is 5.97 Å². The minimum atomic E-state index is -0.658. The smallest absolute Gasteiger partial charge is 0.338 e. The number of carbonyl (C=O) groups is 4. The van der Waals surface area contributed by atoms with Gasteiger partial charge in [0.25, 0.3) is 5.91 Å². The summed E-state index contributed by atoms with van der Waals surface area (Å²) in [6, 6.07) is 13.4. The number of nitrogens with one attached hydrogen (secondary N) is 1. The second kappa shape index (κ2) is 7.75. The van der Waals surface area contributed by atoms with E-state index in [1.54, 1.807) is 18.2 Å². The Kier molecular flexibility index (Phi) is 4.89. The molecule has 3 aliphatic rings.